The second-order valence-electron chi connectivity index (χ2n) is 9.25. The molecule has 1 saturated heterocycles. The van der Waals surface area contributed by atoms with Crippen LogP contribution in [0.3, 0.4) is 0 Å². The van der Waals surface area contributed by atoms with E-state index in [9.17, 15) is 13.2 Å². The van der Waals surface area contributed by atoms with E-state index in [1.807, 2.05) is 11.8 Å². The largest absolute Gasteiger partial charge is 0.472 e. The third-order valence-electron chi connectivity index (χ3n) is 6.40. The van der Waals surface area contributed by atoms with Crippen LogP contribution in [0.15, 0.2) is 6.20 Å². The number of carbonyl (C=O) groups excluding carboxylic acids is 1. The topological polar surface area (TPSA) is 105 Å². The number of nitrogens with one attached hydrogen (secondary N) is 1. The lowest BCUT2D eigenvalue weighted by molar-refractivity contribution is -0.133. The quantitative estimate of drug-likeness (QED) is 0.768. The summed E-state index contributed by atoms with van der Waals surface area (Å²) in [5, 5.41) is 3.36. The molecule has 1 saturated carbocycles. The van der Waals surface area contributed by atoms with Gasteiger partial charge in [0.15, 0.2) is 17.2 Å². The molecule has 0 spiro atoms. The zero-order valence-electron chi connectivity index (χ0n) is 18.1. The van der Waals surface area contributed by atoms with Crippen LogP contribution in [0.2, 0.25) is 0 Å². The van der Waals surface area contributed by atoms with Crippen LogP contribution in [-0.4, -0.2) is 65.6 Å². The van der Waals surface area contributed by atoms with Gasteiger partial charge in [-0.3, -0.25) is 9.69 Å². The smallest absolute Gasteiger partial charge is 0.272 e. The number of hydrogen-bond donors (Lipinski definition) is 1. The van der Waals surface area contributed by atoms with Gasteiger partial charge in [0.1, 0.15) is 0 Å². The van der Waals surface area contributed by atoms with E-state index in [4.69, 9.17) is 4.74 Å². The van der Waals surface area contributed by atoms with Gasteiger partial charge in [0, 0.05) is 25.2 Å². The van der Waals surface area contributed by atoms with Gasteiger partial charge in [0.2, 0.25) is 16.0 Å². The zero-order valence-corrected chi connectivity index (χ0v) is 18.9. The Morgan fingerprint density at radius 3 is 2.57 bits per heavy atom. The van der Waals surface area contributed by atoms with Gasteiger partial charge in [-0.2, -0.15) is 4.98 Å². The Morgan fingerprint density at radius 2 is 1.93 bits per heavy atom. The van der Waals surface area contributed by atoms with Gasteiger partial charge in [-0.1, -0.05) is 19.8 Å². The first-order valence-electron chi connectivity index (χ1n) is 10.7. The van der Waals surface area contributed by atoms with Crippen LogP contribution in [0.5, 0.6) is 5.75 Å². The molecular weight excluding hydrogens is 406 g/mol. The first kappa shape index (κ1) is 21.3. The molecule has 3 aliphatic rings. The van der Waals surface area contributed by atoms with E-state index in [0.29, 0.717) is 37.0 Å². The molecule has 0 radical (unpaired) electrons. The van der Waals surface area contributed by atoms with E-state index >= 15 is 0 Å². The second-order valence-corrected chi connectivity index (χ2v) is 11.2. The van der Waals surface area contributed by atoms with Crippen molar-refractivity contribution in [3.8, 4) is 5.75 Å². The number of sulfonamides is 1. The monoisotopic (exact) mass is 437 g/mol. The molecule has 1 amide bonds. The third kappa shape index (κ3) is 3.99. The Bertz CT molecular complexity index is 929. The van der Waals surface area contributed by atoms with Crippen LogP contribution in [0.25, 0.3) is 0 Å². The van der Waals surface area contributed by atoms with Gasteiger partial charge in [-0.15, -0.1) is 0 Å². The molecule has 2 fully saturated rings. The summed E-state index contributed by atoms with van der Waals surface area (Å²) >= 11 is 0. The number of aromatic nitrogens is 2. The van der Waals surface area contributed by atoms with Crippen LogP contribution in [0.4, 0.5) is 11.8 Å². The fourth-order valence-corrected chi connectivity index (χ4v) is 5.61. The fourth-order valence-electron chi connectivity index (χ4n) is 4.67. The summed E-state index contributed by atoms with van der Waals surface area (Å²) in [4.78, 5) is 24.1. The molecule has 2 unspecified atom stereocenters. The maximum atomic E-state index is 13.1. The number of fused-ring (bicyclic) bond motifs is 1. The van der Waals surface area contributed by atoms with Crippen molar-refractivity contribution in [2.24, 2.45) is 5.92 Å². The van der Waals surface area contributed by atoms with E-state index in [1.165, 1.54) is 10.6 Å². The molecule has 166 valence electrons. The highest BCUT2D eigenvalue weighted by molar-refractivity contribution is 7.88. The number of piperidine rings is 1. The van der Waals surface area contributed by atoms with Crippen molar-refractivity contribution in [1.29, 1.82) is 0 Å². The summed E-state index contributed by atoms with van der Waals surface area (Å²) in [6, 6.07) is 0.191. The first-order valence-corrected chi connectivity index (χ1v) is 12.5. The summed E-state index contributed by atoms with van der Waals surface area (Å²) in [5.74, 6) is 1.54. The van der Waals surface area contributed by atoms with E-state index in [1.54, 1.807) is 20.0 Å². The SMILES string of the molecule is CC1CN(S(C)(=O)=O)CCC1Nc1ncc2c(n1)N(C1CCCC1)C(=O)C(C)(C)O2. The Balaban J connectivity index is 1.57. The molecule has 1 aliphatic carbocycles. The number of nitrogens with zero attached hydrogens (tertiary/aromatic N) is 4. The molecule has 0 aromatic carbocycles. The van der Waals surface area contributed by atoms with Gasteiger partial charge >= 0.3 is 0 Å². The Hall–Kier alpha value is -1.94. The summed E-state index contributed by atoms with van der Waals surface area (Å²) in [6.07, 6.45) is 7.70. The van der Waals surface area contributed by atoms with Crippen LogP contribution in [-0.2, 0) is 14.8 Å². The molecule has 3 heterocycles. The average molecular weight is 438 g/mol. The maximum absolute atomic E-state index is 13.1. The lowest BCUT2D eigenvalue weighted by atomic mass is 9.95. The molecule has 1 aromatic heterocycles. The Labute approximate surface area is 178 Å². The summed E-state index contributed by atoms with van der Waals surface area (Å²) in [5.41, 5.74) is -0.944. The van der Waals surface area contributed by atoms with Crippen molar-refractivity contribution in [2.45, 2.75) is 70.6 Å². The van der Waals surface area contributed by atoms with E-state index < -0.39 is 15.6 Å². The number of amides is 1. The van der Waals surface area contributed by atoms with Crippen molar-refractivity contribution in [1.82, 2.24) is 14.3 Å². The number of hydrogen-bond acceptors (Lipinski definition) is 7. The highest BCUT2D eigenvalue weighted by Crippen LogP contribution is 2.40. The van der Waals surface area contributed by atoms with E-state index in [2.05, 4.69) is 15.3 Å². The van der Waals surface area contributed by atoms with Crippen molar-refractivity contribution >= 4 is 27.7 Å². The van der Waals surface area contributed by atoms with Crippen LogP contribution < -0.4 is 15.0 Å². The molecule has 30 heavy (non-hydrogen) atoms. The number of anilines is 2. The second kappa shape index (κ2) is 7.64. The predicted octanol–water partition coefficient (Wildman–Crippen LogP) is 2.01. The number of carbonyl (C=O) groups is 1. The van der Waals surface area contributed by atoms with Crippen molar-refractivity contribution in [2.75, 3.05) is 29.6 Å². The lowest BCUT2D eigenvalue weighted by Gasteiger charge is -2.41. The first-order chi connectivity index (χ1) is 14.1. The highest BCUT2D eigenvalue weighted by atomic mass is 32.2. The lowest BCUT2D eigenvalue weighted by Crippen LogP contribution is -2.56. The van der Waals surface area contributed by atoms with Crippen molar-refractivity contribution in [3.63, 3.8) is 0 Å². The van der Waals surface area contributed by atoms with Crippen molar-refractivity contribution < 1.29 is 17.9 Å². The molecule has 1 N–H and O–H groups in total. The molecule has 9 nitrogen and oxygen atoms in total. The fraction of sp³-hybridized carbons (Fsp3) is 0.750. The molecule has 0 bridgehead atoms. The van der Waals surface area contributed by atoms with Crippen molar-refractivity contribution in [3.05, 3.63) is 6.20 Å². The minimum absolute atomic E-state index is 0.0534. The van der Waals surface area contributed by atoms with Crippen LogP contribution in [0, 0.1) is 5.92 Å². The van der Waals surface area contributed by atoms with E-state index in [-0.39, 0.29) is 23.9 Å². The molecule has 4 rings (SSSR count). The standard InChI is InChI=1S/C20H31N5O4S/c1-13-12-24(30(4,27)28)10-9-15(13)22-19-21-11-16-17(23-19)25(14-7-5-6-8-14)18(26)20(2,3)29-16/h11,13-15H,5-10,12H2,1-4H3,(H,21,22,23). The Kier molecular flexibility index (Phi) is 5.42. The van der Waals surface area contributed by atoms with Crippen LogP contribution >= 0.6 is 0 Å². The molecule has 1 aromatic rings. The minimum Gasteiger partial charge on any atom is -0.472 e. The summed E-state index contributed by atoms with van der Waals surface area (Å²) < 4.78 is 31.1. The molecule has 2 aliphatic heterocycles. The third-order valence-corrected chi connectivity index (χ3v) is 7.67. The maximum Gasteiger partial charge on any atom is 0.272 e. The summed E-state index contributed by atoms with van der Waals surface area (Å²) in [7, 11) is -3.19. The molecular formula is C20H31N5O4S. The number of ether oxygens (including phenoxy) is 1. The summed E-state index contributed by atoms with van der Waals surface area (Å²) in [6.45, 7) is 6.52. The van der Waals surface area contributed by atoms with E-state index in [0.717, 1.165) is 25.7 Å². The van der Waals surface area contributed by atoms with Gasteiger partial charge in [0.05, 0.1) is 12.5 Å². The molecule has 2 atom stereocenters. The van der Waals surface area contributed by atoms with Gasteiger partial charge in [0.25, 0.3) is 5.91 Å². The molecule has 10 heteroatoms. The van der Waals surface area contributed by atoms with Gasteiger partial charge in [-0.25, -0.2) is 17.7 Å². The van der Waals surface area contributed by atoms with Gasteiger partial charge in [-0.05, 0) is 39.0 Å². The number of rotatable bonds is 4. The Morgan fingerprint density at radius 1 is 1.23 bits per heavy atom. The average Bonchev–Trinajstić information content (AvgIpc) is 3.18. The minimum atomic E-state index is -3.19. The van der Waals surface area contributed by atoms with Gasteiger partial charge < -0.3 is 10.1 Å². The van der Waals surface area contributed by atoms with Crippen LogP contribution in [0.1, 0.15) is 52.9 Å². The predicted molar refractivity (Wildman–Crippen MR) is 114 cm³/mol. The zero-order chi connectivity index (χ0) is 21.7. The highest BCUT2D eigenvalue weighted by Gasteiger charge is 2.45. The normalized spacial score (nSPS) is 27.6.